The standard InChI is InChI=1S/C16H26N2O2/c1-5-9-20-14-8-6-7-13(10-14)11-18-12-16(2,3)15(19)17-4/h6-8,10,18H,5,9,11-12H2,1-4H3,(H,17,19). The largest absolute Gasteiger partial charge is 0.494 e. The zero-order valence-electron chi connectivity index (χ0n) is 13.0. The van der Waals surface area contributed by atoms with E-state index in [1.54, 1.807) is 7.05 Å². The van der Waals surface area contributed by atoms with E-state index in [4.69, 9.17) is 4.74 Å². The predicted molar refractivity (Wildman–Crippen MR) is 81.8 cm³/mol. The summed E-state index contributed by atoms with van der Waals surface area (Å²) in [6.45, 7) is 8.04. The summed E-state index contributed by atoms with van der Waals surface area (Å²) in [6, 6.07) is 8.05. The molecule has 0 fully saturated rings. The van der Waals surface area contributed by atoms with E-state index in [1.807, 2.05) is 32.0 Å². The van der Waals surface area contributed by atoms with Crippen molar-refractivity contribution in [2.45, 2.75) is 33.7 Å². The fourth-order valence-electron chi connectivity index (χ4n) is 1.90. The quantitative estimate of drug-likeness (QED) is 0.767. The Balaban J connectivity index is 2.47. The normalized spacial score (nSPS) is 11.2. The average molecular weight is 278 g/mol. The first-order chi connectivity index (χ1) is 9.49. The Labute approximate surface area is 121 Å². The molecule has 0 aliphatic heterocycles. The van der Waals surface area contributed by atoms with E-state index in [-0.39, 0.29) is 5.91 Å². The molecule has 1 aromatic rings. The topological polar surface area (TPSA) is 50.4 Å². The molecular weight excluding hydrogens is 252 g/mol. The number of rotatable bonds is 8. The van der Waals surface area contributed by atoms with Crippen LogP contribution in [0.1, 0.15) is 32.8 Å². The van der Waals surface area contributed by atoms with Crippen LogP contribution in [0, 0.1) is 5.41 Å². The van der Waals surface area contributed by atoms with Crippen LogP contribution in [-0.2, 0) is 11.3 Å². The molecule has 2 N–H and O–H groups in total. The number of ether oxygens (including phenoxy) is 1. The van der Waals surface area contributed by atoms with Crippen LogP contribution in [-0.4, -0.2) is 26.1 Å². The summed E-state index contributed by atoms with van der Waals surface area (Å²) in [4.78, 5) is 11.7. The first-order valence-electron chi connectivity index (χ1n) is 7.14. The minimum atomic E-state index is -0.412. The van der Waals surface area contributed by atoms with Gasteiger partial charge in [-0.05, 0) is 38.0 Å². The second kappa shape index (κ2) is 7.90. The molecule has 0 saturated carbocycles. The van der Waals surface area contributed by atoms with Gasteiger partial charge in [0.05, 0.1) is 12.0 Å². The zero-order valence-corrected chi connectivity index (χ0v) is 13.0. The predicted octanol–water partition coefficient (Wildman–Crippen LogP) is 2.34. The van der Waals surface area contributed by atoms with Gasteiger partial charge in [0.1, 0.15) is 5.75 Å². The maximum atomic E-state index is 11.7. The van der Waals surface area contributed by atoms with Gasteiger partial charge in [0.15, 0.2) is 0 Å². The lowest BCUT2D eigenvalue weighted by molar-refractivity contribution is -0.128. The van der Waals surface area contributed by atoms with E-state index in [9.17, 15) is 4.79 Å². The van der Waals surface area contributed by atoms with Gasteiger partial charge in [0, 0.05) is 20.1 Å². The molecule has 0 bridgehead atoms. The minimum Gasteiger partial charge on any atom is -0.494 e. The van der Waals surface area contributed by atoms with Gasteiger partial charge < -0.3 is 15.4 Å². The van der Waals surface area contributed by atoms with Gasteiger partial charge in [0.2, 0.25) is 5.91 Å². The minimum absolute atomic E-state index is 0.0463. The Hall–Kier alpha value is -1.55. The van der Waals surface area contributed by atoms with Gasteiger partial charge in [-0.3, -0.25) is 4.79 Å². The Morgan fingerprint density at radius 1 is 1.35 bits per heavy atom. The second-order valence-electron chi connectivity index (χ2n) is 5.56. The van der Waals surface area contributed by atoms with Crippen molar-refractivity contribution in [2.75, 3.05) is 20.2 Å². The van der Waals surface area contributed by atoms with E-state index >= 15 is 0 Å². The first-order valence-corrected chi connectivity index (χ1v) is 7.14. The van der Waals surface area contributed by atoms with E-state index in [0.717, 1.165) is 30.9 Å². The molecule has 0 heterocycles. The maximum absolute atomic E-state index is 11.7. The molecule has 20 heavy (non-hydrogen) atoms. The van der Waals surface area contributed by atoms with Crippen LogP contribution in [0.2, 0.25) is 0 Å². The third kappa shape index (κ3) is 5.21. The second-order valence-corrected chi connectivity index (χ2v) is 5.56. The molecule has 1 amide bonds. The van der Waals surface area contributed by atoms with Crippen molar-refractivity contribution < 1.29 is 9.53 Å². The van der Waals surface area contributed by atoms with Gasteiger partial charge >= 0.3 is 0 Å². The van der Waals surface area contributed by atoms with Gasteiger partial charge in [-0.25, -0.2) is 0 Å². The van der Waals surface area contributed by atoms with E-state index in [0.29, 0.717) is 6.54 Å². The Morgan fingerprint density at radius 3 is 2.75 bits per heavy atom. The molecule has 0 atom stereocenters. The molecule has 112 valence electrons. The molecule has 0 spiro atoms. The van der Waals surface area contributed by atoms with Crippen molar-refractivity contribution in [3.05, 3.63) is 29.8 Å². The van der Waals surface area contributed by atoms with Crippen molar-refractivity contribution in [1.82, 2.24) is 10.6 Å². The van der Waals surface area contributed by atoms with Crippen molar-refractivity contribution >= 4 is 5.91 Å². The smallest absolute Gasteiger partial charge is 0.226 e. The van der Waals surface area contributed by atoms with E-state index in [1.165, 1.54) is 0 Å². The number of amides is 1. The van der Waals surface area contributed by atoms with Gasteiger partial charge in [-0.1, -0.05) is 19.1 Å². The van der Waals surface area contributed by atoms with Crippen molar-refractivity contribution in [1.29, 1.82) is 0 Å². The van der Waals surface area contributed by atoms with Crippen LogP contribution >= 0.6 is 0 Å². The lowest BCUT2D eigenvalue weighted by Gasteiger charge is -2.23. The third-order valence-electron chi connectivity index (χ3n) is 3.11. The molecular formula is C16H26N2O2. The third-order valence-corrected chi connectivity index (χ3v) is 3.11. The molecule has 4 heteroatoms. The van der Waals surface area contributed by atoms with Crippen LogP contribution < -0.4 is 15.4 Å². The van der Waals surface area contributed by atoms with Crippen LogP contribution in [0.3, 0.4) is 0 Å². The monoisotopic (exact) mass is 278 g/mol. The molecule has 4 nitrogen and oxygen atoms in total. The fourth-order valence-corrected chi connectivity index (χ4v) is 1.90. The maximum Gasteiger partial charge on any atom is 0.226 e. The Morgan fingerprint density at radius 2 is 2.10 bits per heavy atom. The summed E-state index contributed by atoms with van der Waals surface area (Å²) in [7, 11) is 1.67. The highest BCUT2D eigenvalue weighted by Crippen LogP contribution is 2.15. The molecule has 0 unspecified atom stereocenters. The summed E-state index contributed by atoms with van der Waals surface area (Å²) >= 11 is 0. The SMILES string of the molecule is CCCOc1cccc(CNCC(C)(C)C(=O)NC)c1. The van der Waals surface area contributed by atoms with Crippen LogP contribution in [0.25, 0.3) is 0 Å². The van der Waals surface area contributed by atoms with Crippen LogP contribution in [0.5, 0.6) is 5.75 Å². The lowest BCUT2D eigenvalue weighted by atomic mass is 9.92. The summed E-state index contributed by atoms with van der Waals surface area (Å²) in [5, 5.41) is 6.01. The molecule has 0 aliphatic carbocycles. The number of carbonyl (C=O) groups is 1. The number of carbonyl (C=O) groups excluding carboxylic acids is 1. The Bertz CT molecular complexity index is 430. The number of nitrogens with one attached hydrogen (secondary N) is 2. The van der Waals surface area contributed by atoms with Gasteiger partial charge in [-0.15, -0.1) is 0 Å². The molecule has 1 rings (SSSR count). The number of hydrogen-bond donors (Lipinski definition) is 2. The summed E-state index contributed by atoms with van der Waals surface area (Å²) in [5.74, 6) is 0.946. The highest BCUT2D eigenvalue weighted by molar-refractivity contribution is 5.81. The summed E-state index contributed by atoms with van der Waals surface area (Å²) < 4.78 is 5.61. The van der Waals surface area contributed by atoms with Crippen molar-refractivity contribution in [3.8, 4) is 5.75 Å². The van der Waals surface area contributed by atoms with Gasteiger partial charge in [-0.2, -0.15) is 0 Å². The molecule has 0 aliphatic rings. The van der Waals surface area contributed by atoms with Crippen molar-refractivity contribution in [2.24, 2.45) is 5.41 Å². The first kappa shape index (κ1) is 16.5. The fraction of sp³-hybridized carbons (Fsp3) is 0.562. The number of benzene rings is 1. The summed E-state index contributed by atoms with van der Waals surface area (Å²) in [6.07, 6.45) is 1.00. The van der Waals surface area contributed by atoms with E-state index < -0.39 is 5.41 Å². The van der Waals surface area contributed by atoms with E-state index in [2.05, 4.69) is 23.6 Å². The van der Waals surface area contributed by atoms with Crippen LogP contribution in [0.4, 0.5) is 0 Å². The highest BCUT2D eigenvalue weighted by atomic mass is 16.5. The number of hydrogen-bond acceptors (Lipinski definition) is 3. The molecule has 0 radical (unpaired) electrons. The highest BCUT2D eigenvalue weighted by Gasteiger charge is 2.25. The molecule has 1 aromatic carbocycles. The zero-order chi connectivity index (χ0) is 15.0. The van der Waals surface area contributed by atoms with Crippen LogP contribution in [0.15, 0.2) is 24.3 Å². The van der Waals surface area contributed by atoms with Crippen molar-refractivity contribution in [3.63, 3.8) is 0 Å². The lowest BCUT2D eigenvalue weighted by Crippen LogP contribution is -2.41. The summed E-state index contributed by atoms with van der Waals surface area (Å²) in [5.41, 5.74) is 0.747. The van der Waals surface area contributed by atoms with Gasteiger partial charge in [0.25, 0.3) is 0 Å². The Kier molecular flexibility index (Phi) is 6.52. The average Bonchev–Trinajstić information content (AvgIpc) is 2.44. The molecule has 0 saturated heterocycles. The molecule has 0 aromatic heterocycles.